The quantitative estimate of drug-likeness (QED) is 0.816. The molecule has 1 aliphatic rings. The number of carboxylic acids is 1. The standard InChI is InChI=1S/C20H21FN2O3S/c1-10-8-15(16(19(25)26)9-11(10)2)18(24)23-20-22-17(12(3)27-20)13-4-6-14(21)7-5-13/h4-7,15-16H,8-9H2,1-3H3,(H,25,26)(H,22,23,24)/p-1/t15-,16+/m0/s1. The van der Waals surface area contributed by atoms with Crippen molar-refractivity contribution in [2.45, 2.75) is 33.6 Å². The number of benzene rings is 1. The van der Waals surface area contributed by atoms with Gasteiger partial charge in [-0.2, -0.15) is 0 Å². The van der Waals surface area contributed by atoms with Gasteiger partial charge in [-0.15, -0.1) is 11.3 Å². The lowest BCUT2D eigenvalue weighted by atomic mass is 9.76. The number of allylic oxidation sites excluding steroid dienone is 2. The second kappa shape index (κ2) is 7.60. The predicted molar refractivity (Wildman–Crippen MR) is 100 cm³/mol. The van der Waals surface area contributed by atoms with Crippen LogP contribution in [0.25, 0.3) is 11.3 Å². The summed E-state index contributed by atoms with van der Waals surface area (Å²) in [5.74, 6) is -3.42. The Labute approximate surface area is 161 Å². The van der Waals surface area contributed by atoms with Crippen LogP contribution in [0.2, 0.25) is 0 Å². The third-order valence-electron chi connectivity index (χ3n) is 5.05. The topological polar surface area (TPSA) is 82.1 Å². The molecule has 0 spiro atoms. The van der Waals surface area contributed by atoms with Gasteiger partial charge in [-0.25, -0.2) is 9.37 Å². The van der Waals surface area contributed by atoms with Gasteiger partial charge in [0.25, 0.3) is 0 Å². The number of aryl methyl sites for hydroxylation is 1. The number of carbonyl (C=O) groups is 2. The molecule has 1 heterocycles. The Morgan fingerprint density at radius 3 is 2.30 bits per heavy atom. The zero-order valence-electron chi connectivity index (χ0n) is 15.3. The molecule has 7 heteroatoms. The van der Waals surface area contributed by atoms with Crippen molar-refractivity contribution in [3.8, 4) is 11.3 Å². The van der Waals surface area contributed by atoms with Gasteiger partial charge >= 0.3 is 0 Å². The van der Waals surface area contributed by atoms with Gasteiger partial charge in [0.1, 0.15) is 5.82 Å². The van der Waals surface area contributed by atoms with Crippen molar-refractivity contribution < 1.29 is 19.1 Å². The van der Waals surface area contributed by atoms with E-state index < -0.39 is 17.8 Å². The Balaban J connectivity index is 1.81. The third-order valence-corrected chi connectivity index (χ3v) is 5.94. The van der Waals surface area contributed by atoms with Gasteiger partial charge in [-0.05, 0) is 57.9 Å². The highest BCUT2D eigenvalue weighted by Gasteiger charge is 2.34. The molecule has 142 valence electrons. The number of hydrogen-bond donors (Lipinski definition) is 1. The Morgan fingerprint density at radius 2 is 1.70 bits per heavy atom. The molecule has 0 aliphatic heterocycles. The number of halogens is 1. The third kappa shape index (κ3) is 4.08. The van der Waals surface area contributed by atoms with Crippen LogP contribution in [0.1, 0.15) is 31.6 Å². The minimum absolute atomic E-state index is 0.323. The second-order valence-electron chi connectivity index (χ2n) is 6.92. The summed E-state index contributed by atoms with van der Waals surface area (Å²) in [6.45, 7) is 5.67. The Bertz CT molecular complexity index is 918. The molecule has 0 unspecified atom stereocenters. The largest absolute Gasteiger partial charge is 0.550 e. The van der Waals surface area contributed by atoms with E-state index in [1.807, 2.05) is 20.8 Å². The molecule has 27 heavy (non-hydrogen) atoms. The van der Waals surface area contributed by atoms with Gasteiger partial charge < -0.3 is 15.2 Å². The highest BCUT2D eigenvalue weighted by atomic mass is 32.1. The fourth-order valence-corrected chi connectivity index (χ4v) is 4.18. The summed E-state index contributed by atoms with van der Waals surface area (Å²) < 4.78 is 13.1. The van der Waals surface area contributed by atoms with Crippen LogP contribution in [0, 0.1) is 24.6 Å². The summed E-state index contributed by atoms with van der Waals surface area (Å²) in [7, 11) is 0. The van der Waals surface area contributed by atoms with Gasteiger partial charge in [-0.3, -0.25) is 4.79 Å². The molecule has 2 atom stereocenters. The minimum Gasteiger partial charge on any atom is -0.550 e. The fraction of sp³-hybridized carbons (Fsp3) is 0.350. The number of thiazole rings is 1. The smallest absolute Gasteiger partial charge is 0.230 e. The van der Waals surface area contributed by atoms with Crippen molar-refractivity contribution in [2.24, 2.45) is 11.8 Å². The molecule has 1 aromatic carbocycles. The van der Waals surface area contributed by atoms with Crippen LogP contribution >= 0.6 is 11.3 Å². The summed E-state index contributed by atoms with van der Waals surface area (Å²) in [5, 5.41) is 14.6. The Hall–Kier alpha value is -2.54. The molecule has 5 nitrogen and oxygen atoms in total. The van der Waals surface area contributed by atoms with E-state index >= 15 is 0 Å². The van der Waals surface area contributed by atoms with Gasteiger partial charge in [0.15, 0.2) is 5.13 Å². The zero-order valence-corrected chi connectivity index (χ0v) is 16.2. The highest BCUT2D eigenvalue weighted by Crippen LogP contribution is 2.36. The molecule has 1 amide bonds. The van der Waals surface area contributed by atoms with E-state index in [1.165, 1.54) is 23.5 Å². The minimum atomic E-state index is -1.20. The molecule has 0 radical (unpaired) electrons. The van der Waals surface area contributed by atoms with Crippen LogP contribution in [0.3, 0.4) is 0 Å². The fourth-order valence-electron chi connectivity index (χ4n) is 3.34. The van der Waals surface area contributed by atoms with Crippen molar-refractivity contribution in [2.75, 3.05) is 5.32 Å². The number of amides is 1. The summed E-state index contributed by atoms with van der Waals surface area (Å²) in [5.41, 5.74) is 3.46. The Morgan fingerprint density at radius 1 is 1.11 bits per heavy atom. The molecule has 2 aromatic rings. The number of aromatic nitrogens is 1. The normalized spacial score (nSPS) is 19.9. The maximum atomic E-state index is 13.1. The summed E-state index contributed by atoms with van der Waals surface area (Å²) in [4.78, 5) is 29.5. The van der Waals surface area contributed by atoms with E-state index in [4.69, 9.17) is 0 Å². The molecule has 0 saturated carbocycles. The number of nitrogens with one attached hydrogen (secondary N) is 1. The average Bonchev–Trinajstić information content (AvgIpc) is 2.97. The lowest BCUT2D eigenvalue weighted by molar-refractivity contribution is -0.313. The first-order valence-corrected chi connectivity index (χ1v) is 9.48. The maximum Gasteiger partial charge on any atom is 0.230 e. The Kier molecular flexibility index (Phi) is 5.41. The average molecular weight is 387 g/mol. The molecule has 3 rings (SSSR count). The van der Waals surface area contributed by atoms with Crippen molar-refractivity contribution >= 4 is 28.3 Å². The maximum absolute atomic E-state index is 13.1. The first-order valence-electron chi connectivity index (χ1n) is 8.66. The van der Waals surface area contributed by atoms with Crippen LogP contribution in [-0.4, -0.2) is 16.9 Å². The lowest BCUT2D eigenvalue weighted by Crippen LogP contribution is -2.42. The van der Waals surface area contributed by atoms with E-state index in [0.717, 1.165) is 21.6 Å². The zero-order chi connectivity index (χ0) is 19.7. The predicted octanol–water partition coefficient (Wildman–Crippen LogP) is 3.31. The first-order chi connectivity index (χ1) is 12.8. The number of nitrogens with zero attached hydrogens (tertiary/aromatic N) is 1. The highest BCUT2D eigenvalue weighted by molar-refractivity contribution is 7.16. The van der Waals surface area contributed by atoms with Crippen LogP contribution in [0.15, 0.2) is 35.4 Å². The van der Waals surface area contributed by atoms with Crippen LogP contribution in [0.5, 0.6) is 0 Å². The van der Waals surface area contributed by atoms with E-state index in [9.17, 15) is 19.1 Å². The summed E-state index contributed by atoms with van der Waals surface area (Å²) in [6.07, 6.45) is 0.718. The number of anilines is 1. The first kappa shape index (κ1) is 19.2. The molecule has 1 aliphatic carbocycles. The van der Waals surface area contributed by atoms with Gasteiger partial charge in [0.05, 0.1) is 11.6 Å². The molecule has 0 bridgehead atoms. The number of aliphatic carboxylic acids is 1. The number of hydrogen-bond acceptors (Lipinski definition) is 5. The van der Waals surface area contributed by atoms with Crippen LogP contribution in [-0.2, 0) is 9.59 Å². The van der Waals surface area contributed by atoms with Gasteiger partial charge in [-0.1, -0.05) is 11.1 Å². The van der Waals surface area contributed by atoms with E-state index in [2.05, 4.69) is 10.3 Å². The number of carboxylic acid groups (broad SMARTS) is 1. The molecular weight excluding hydrogens is 367 g/mol. The van der Waals surface area contributed by atoms with Crippen molar-refractivity contribution in [1.29, 1.82) is 0 Å². The molecule has 1 aromatic heterocycles. The molecule has 0 fully saturated rings. The molecule has 1 N–H and O–H groups in total. The molecule has 0 saturated heterocycles. The van der Waals surface area contributed by atoms with E-state index in [0.29, 0.717) is 23.7 Å². The summed E-state index contributed by atoms with van der Waals surface area (Å²) >= 11 is 1.30. The van der Waals surface area contributed by atoms with Crippen molar-refractivity contribution in [3.05, 3.63) is 46.1 Å². The van der Waals surface area contributed by atoms with E-state index in [-0.39, 0.29) is 11.7 Å². The van der Waals surface area contributed by atoms with Crippen molar-refractivity contribution in [1.82, 2.24) is 4.98 Å². The van der Waals surface area contributed by atoms with Gasteiger partial charge in [0, 0.05) is 22.3 Å². The summed E-state index contributed by atoms with van der Waals surface area (Å²) in [6, 6.07) is 5.98. The molecular formula is C20H20FN2O3S-. The monoisotopic (exact) mass is 387 g/mol. The lowest BCUT2D eigenvalue weighted by Gasteiger charge is -2.32. The SMILES string of the molecule is CC1=C(C)C[C@@H](C(=O)[O-])[C@@H](C(=O)Nc2nc(-c3ccc(F)cc3)c(C)s2)C1. The van der Waals surface area contributed by atoms with Crippen LogP contribution in [0.4, 0.5) is 9.52 Å². The van der Waals surface area contributed by atoms with Gasteiger partial charge in [0.2, 0.25) is 5.91 Å². The number of rotatable bonds is 4. The number of carbonyl (C=O) groups excluding carboxylic acids is 2. The second-order valence-corrected chi connectivity index (χ2v) is 8.12. The van der Waals surface area contributed by atoms with E-state index in [1.54, 1.807) is 12.1 Å². The van der Waals surface area contributed by atoms with Crippen LogP contribution < -0.4 is 10.4 Å². The van der Waals surface area contributed by atoms with Crippen molar-refractivity contribution in [3.63, 3.8) is 0 Å².